The number of nitriles is 1. The molecule has 1 aliphatic carbocycles. The lowest BCUT2D eigenvalue weighted by Gasteiger charge is -2.30. The van der Waals surface area contributed by atoms with Crippen LogP contribution in [0.25, 0.3) is 0 Å². The Morgan fingerprint density at radius 3 is 2.84 bits per heavy atom. The molecular formula is C14H19BrN4. The van der Waals surface area contributed by atoms with Gasteiger partial charge in [-0.1, -0.05) is 19.3 Å². The first-order valence-electron chi connectivity index (χ1n) is 6.77. The molecule has 0 spiro atoms. The second-order valence-electron chi connectivity index (χ2n) is 5.05. The summed E-state index contributed by atoms with van der Waals surface area (Å²) >= 11 is 3.33. The molecule has 1 saturated carbocycles. The van der Waals surface area contributed by atoms with Crippen LogP contribution in [-0.2, 0) is 0 Å². The highest BCUT2D eigenvalue weighted by atomic mass is 79.9. The molecule has 0 amide bonds. The quantitative estimate of drug-likeness (QED) is 0.893. The van der Waals surface area contributed by atoms with Crippen LogP contribution in [0.3, 0.4) is 0 Å². The van der Waals surface area contributed by atoms with Gasteiger partial charge in [-0.05, 0) is 40.8 Å². The van der Waals surface area contributed by atoms with E-state index in [0.717, 1.165) is 4.47 Å². The Morgan fingerprint density at radius 1 is 1.47 bits per heavy atom. The predicted molar refractivity (Wildman–Crippen MR) is 79.7 cm³/mol. The standard InChI is InChI=1S/C14H19BrN4/c15-12-6-11(7-16)14(18-9-12)19-13(8-17)10-4-2-1-3-5-10/h6,9-10,13H,1-5,8,17H2,(H,18,19). The van der Waals surface area contributed by atoms with Crippen LogP contribution < -0.4 is 11.1 Å². The molecule has 1 aromatic heterocycles. The van der Waals surface area contributed by atoms with Crippen molar-refractivity contribution in [2.45, 2.75) is 38.1 Å². The highest BCUT2D eigenvalue weighted by Gasteiger charge is 2.23. The molecule has 3 N–H and O–H groups in total. The average molecular weight is 323 g/mol. The molecule has 102 valence electrons. The van der Waals surface area contributed by atoms with Gasteiger partial charge in [-0.25, -0.2) is 4.98 Å². The number of nitrogens with two attached hydrogens (primary N) is 1. The highest BCUT2D eigenvalue weighted by molar-refractivity contribution is 9.10. The maximum absolute atomic E-state index is 9.16. The molecule has 0 aromatic carbocycles. The van der Waals surface area contributed by atoms with Crippen LogP contribution >= 0.6 is 15.9 Å². The largest absolute Gasteiger partial charge is 0.365 e. The van der Waals surface area contributed by atoms with Crippen LogP contribution in [0.4, 0.5) is 5.82 Å². The van der Waals surface area contributed by atoms with Crippen LogP contribution in [0, 0.1) is 17.2 Å². The molecule has 1 aliphatic rings. The topological polar surface area (TPSA) is 74.7 Å². The summed E-state index contributed by atoms with van der Waals surface area (Å²) in [5.74, 6) is 1.24. The number of hydrogen-bond acceptors (Lipinski definition) is 4. The monoisotopic (exact) mass is 322 g/mol. The molecule has 1 atom stereocenters. The Morgan fingerprint density at radius 2 is 2.21 bits per heavy atom. The van der Waals surface area contributed by atoms with E-state index in [4.69, 9.17) is 11.0 Å². The van der Waals surface area contributed by atoms with Crippen LogP contribution in [0.2, 0.25) is 0 Å². The second-order valence-corrected chi connectivity index (χ2v) is 5.96. The fourth-order valence-corrected chi connectivity index (χ4v) is 3.05. The Bertz CT molecular complexity index is 463. The van der Waals surface area contributed by atoms with Crippen LogP contribution in [0.1, 0.15) is 37.7 Å². The summed E-state index contributed by atoms with van der Waals surface area (Å²) in [7, 11) is 0. The molecule has 1 heterocycles. The van der Waals surface area contributed by atoms with Gasteiger partial charge in [0.1, 0.15) is 11.9 Å². The molecule has 1 unspecified atom stereocenters. The highest BCUT2D eigenvalue weighted by Crippen LogP contribution is 2.28. The van der Waals surface area contributed by atoms with Gasteiger partial charge in [0, 0.05) is 23.3 Å². The zero-order chi connectivity index (χ0) is 13.7. The third-order valence-corrected chi connectivity index (χ3v) is 4.20. The van der Waals surface area contributed by atoms with Gasteiger partial charge >= 0.3 is 0 Å². The van der Waals surface area contributed by atoms with Crippen molar-refractivity contribution in [3.05, 3.63) is 22.3 Å². The second kappa shape index (κ2) is 6.88. The summed E-state index contributed by atoms with van der Waals surface area (Å²) in [6, 6.07) is 4.16. The van der Waals surface area contributed by atoms with E-state index in [1.54, 1.807) is 12.3 Å². The summed E-state index contributed by atoms with van der Waals surface area (Å²) in [5.41, 5.74) is 6.45. The zero-order valence-corrected chi connectivity index (χ0v) is 12.5. The minimum Gasteiger partial charge on any atom is -0.365 e. The first-order valence-corrected chi connectivity index (χ1v) is 7.56. The molecule has 2 rings (SSSR count). The van der Waals surface area contributed by atoms with E-state index in [2.05, 4.69) is 32.3 Å². The maximum Gasteiger partial charge on any atom is 0.144 e. The summed E-state index contributed by atoms with van der Waals surface area (Å²) in [5, 5.41) is 12.5. The van der Waals surface area contributed by atoms with E-state index < -0.39 is 0 Å². The van der Waals surface area contributed by atoms with Crippen molar-refractivity contribution in [3.63, 3.8) is 0 Å². The Labute approximate surface area is 122 Å². The number of halogens is 1. The smallest absolute Gasteiger partial charge is 0.144 e. The van der Waals surface area contributed by atoms with Crippen LogP contribution in [-0.4, -0.2) is 17.6 Å². The number of nitrogens with zero attached hydrogens (tertiary/aromatic N) is 2. The molecule has 1 fully saturated rings. The van der Waals surface area contributed by atoms with Crippen molar-refractivity contribution in [3.8, 4) is 6.07 Å². The van der Waals surface area contributed by atoms with Gasteiger partial charge in [-0.3, -0.25) is 0 Å². The first kappa shape index (κ1) is 14.3. The molecule has 5 heteroatoms. The summed E-state index contributed by atoms with van der Waals surface area (Å²) in [4.78, 5) is 4.30. The summed E-state index contributed by atoms with van der Waals surface area (Å²) in [6.45, 7) is 0.577. The number of hydrogen-bond donors (Lipinski definition) is 2. The summed E-state index contributed by atoms with van der Waals surface area (Å²) < 4.78 is 0.816. The summed E-state index contributed by atoms with van der Waals surface area (Å²) in [6.07, 6.45) is 8.02. The predicted octanol–water partition coefficient (Wildman–Crippen LogP) is 3.04. The van der Waals surface area contributed by atoms with E-state index in [9.17, 15) is 0 Å². The lowest BCUT2D eigenvalue weighted by Crippen LogP contribution is -2.37. The van der Waals surface area contributed by atoms with E-state index in [1.165, 1.54) is 32.1 Å². The van der Waals surface area contributed by atoms with Crippen molar-refractivity contribution in [1.82, 2.24) is 4.98 Å². The van der Waals surface area contributed by atoms with Crippen molar-refractivity contribution in [2.24, 2.45) is 11.7 Å². The third kappa shape index (κ3) is 3.68. The molecule has 1 aromatic rings. The van der Waals surface area contributed by atoms with Crippen molar-refractivity contribution in [2.75, 3.05) is 11.9 Å². The van der Waals surface area contributed by atoms with E-state index in [-0.39, 0.29) is 6.04 Å². The minimum absolute atomic E-state index is 0.209. The number of pyridine rings is 1. The fourth-order valence-electron chi connectivity index (χ4n) is 2.72. The SMILES string of the molecule is N#Cc1cc(Br)cnc1NC(CN)C1CCCCC1. The lowest BCUT2D eigenvalue weighted by atomic mass is 9.84. The molecular weight excluding hydrogens is 304 g/mol. The Hall–Kier alpha value is -1.12. The molecule has 0 bridgehead atoms. The minimum atomic E-state index is 0.209. The molecule has 4 nitrogen and oxygen atoms in total. The normalized spacial score (nSPS) is 17.7. The zero-order valence-electron chi connectivity index (χ0n) is 10.9. The van der Waals surface area contributed by atoms with Crippen molar-refractivity contribution < 1.29 is 0 Å². The lowest BCUT2D eigenvalue weighted by molar-refractivity contribution is 0.320. The number of aromatic nitrogens is 1. The van der Waals surface area contributed by atoms with Gasteiger partial charge in [0.15, 0.2) is 0 Å². The Balaban J connectivity index is 2.11. The van der Waals surface area contributed by atoms with Gasteiger partial charge in [-0.15, -0.1) is 0 Å². The van der Waals surface area contributed by atoms with Crippen molar-refractivity contribution in [1.29, 1.82) is 5.26 Å². The first-order chi connectivity index (χ1) is 9.24. The number of anilines is 1. The van der Waals surface area contributed by atoms with Gasteiger partial charge in [0.05, 0.1) is 5.56 Å². The number of rotatable bonds is 4. The molecule has 0 aliphatic heterocycles. The van der Waals surface area contributed by atoms with E-state index in [0.29, 0.717) is 23.8 Å². The van der Waals surface area contributed by atoms with Crippen LogP contribution in [0.5, 0.6) is 0 Å². The van der Waals surface area contributed by atoms with Crippen LogP contribution in [0.15, 0.2) is 16.7 Å². The molecule has 0 saturated heterocycles. The van der Waals surface area contributed by atoms with Gasteiger partial charge in [0.2, 0.25) is 0 Å². The van der Waals surface area contributed by atoms with Gasteiger partial charge in [-0.2, -0.15) is 5.26 Å². The molecule has 19 heavy (non-hydrogen) atoms. The average Bonchev–Trinajstić information content (AvgIpc) is 2.46. The van der Waals surface area contributed by atoms with Crippen molar-refractivity contribution >= 4 is 21.7 Å². The number of nitrogens with one attached hydrogen (secondary N) is 1. The van der Waals surface area contributed by atoms with E-state index >= 15 is 0 Å². The third-order valence-electron chi connectivity index (χ3n) is 3.77. The van der Waals surface area contributed by atoms with Gasteiger partial charge < -0.3 is 11.1 Å². The molecule has 0 radical (unpaired) electrons. The Kier molecular flexibility index (Phi) is 5.17. The maximum atomic E-state index is 9.16. The fraction of sp³-hybridized carbons (Fsp3) is 0.571. The van der Waals surface area contributed by atoms with Gasteiger partial charge in [0.25, 0.3) is 0 Å². The van der Waals surface area contributed by atoms with E-state index in [1.807, 2.05) is 0 Å².